The number of hydrogen-bond acceptors (Lipinski definition) is 5. The zero-order valence-corrected chi connectivity index (χ0v) is 25.3. The first kappa shape index (κ1) is 33.9. The average Bonchev–Trinajstić information content (AvgIpc) is 3.44. The summed E-state index contributed by atoms with van der Waals surface area (Å²) in [6.07, 6.45) is -7.44. The number of amides is 1. The molecule has 0 bridgehead atoms. The molecule has 2 N–H and O–H groups in total. The fourth-order valence-electron chi connectivity index (χ4n) is 5.70. The molecule has 1 fully saturated rings. The van der Waals surface area contributed by atoms with Gasteiger partial charge in [-0.05, 0) is 93.6 Å². The molecule has 0 aliphatic carbocycles. The van der Waals surface area contributed by atoms with Crippen LogP contribution in [0.25, 0.3) is 11.1 Å². The lowest BCUT2D eigenvalue weighted by atomic mass is 9.81. The highest BCUT2D eigenvalue weighted by Crippen LogP contribution is 2.42. The molecule has 0 saturated carbocycles. The van der Waals surface area contributed by atoms with Gasteiger partial charge in [0.05, 0.1) is 40.5 Å². The van der Waals surface area contributed by atoms with E-state index in [2.05, 4.69) is 4.98 Å². The largest absolute Gasteiger partial charge is 0.416 e. The molecular formula is C32H33F7N4O2. The molecule has 4 rings (SSSR count). The number of anilines is 2. The number of carbonyl (C=O) groups is 2. The number of aryl methyl sites for hydroxylation is 1. The summed E-state index contributed by atoms with van der Waals surface area (Å²) >= 11 is 0. The summed E-state index contributed by atoms with van der Waals surface area (Å²) in [5.74, 6) is -1.09. The van der Waals surface area contributed by atoms with E-state index >= 15 is 0 Å². The lowest BCUT2D eigenvalue weighted by Crippen LogP contribution is -2.48. The Labute approximate surface area is 256 Å². The number of nitrogens with zero attached hydrogens (tertiary/aromatic N) is 3. The van der Waals surface area contributed by atoms with Crippen LogP contribution in [0.5, 0.6) is 0 Å². The van der Waals surface area contributed by atoms with Gasteiger partial charge in [-0.2, -0.15) is 26.3 Å². The van der Waals surface area contributed by atoms with E-state index in [0.29, 0.717) is 47.6 Å². The van der Waals surface area contributed by atoms with Gasteiger partial charge in [0.15, 0.2) is 0 Å². The number of hydrogen-bond donors (Lipinski definition) is 1. The summed E-state index contributed by atoms with van der Waals surface area (Å²) in [6.45, 7) is 6.07. The first-order chi connectivity index (χ1) is 20.7. The van der Waals surface area contributed by atoms with E-state index in [1.54, 1.807) is 13.0 Å². The normalized spacial score (nSPS) is 16.6. The van der Waals surface area contributed by atoms with Crippen molar-refractivity contribution in [1.82, 2.24) is 4.98 Å². The van der Waals surface area contributed by atoms with E-state index in [-0.39, 0.29) is 23.6 Å². The van der Waals surface area contributed by atoms with Gasteiger partial charge in [0.25, 0.3) is 0 Å². The van der Waals surface area contributed by atoms with Crippen LogP contribution in [0.15, 0.2) is 48.7 Å². The fourth-order valence-corrected chi connectivity index (χ4v) is 5.70. The number of halogens is 7. The first-order valence-electron chi connectivity index (χ1n) is 14.1. The molecule has 2 atom stereocenters. The molecule has 2 aromatic carbocycles. The van der Waals surface area contributed by atoms with Gasteiger partial charge >= 0.3 is 12.4 Å². The molecule has 0 unspecified atom stereocenters. The maximum Gasteiger partial charge on any atom is 0.416 e. The minimum Gasteiger partial charge on any atom is -0.352 e. The van der Waals surface area contributed by atoms with E-state index in [4.69, 9.17) is 5.73 Å². The minimum atomic E-state index is -5.09. The number of rotatable bonds is 7. The smallest absolute Gasteiger partial charge is 0.352 e. The zero-order chi connectivity index (χ0) is 33.6. The Morgan fingerprint density at radius 2 is 1.53 bits per heavy atom. The van der Waals surface area contributed by atoms with E-state index in [1.807, 2.05) is 4.90 Å². The molecule has 45 heavy (non-hydrogen) atoms. The lowest BCUT2D eigenvalue weighted by molar-refractivity contribution is -0.143. The molecule has 13 heteroatoms. The third-order valence-electron chi connectivity index (χ3n) is 8.33. The second kappa shape index (κ2) is 12.1. The van der Waals surface area contributed by atoms with Crippen molar-refractivity contribution in [2.24, 2.45) is 5.73 Å². The van der Waals surface area contributed by atoms with Crippen molar-refractivity contribution in [3.63, 3.8) is 0 Å². The minimum absolute atomic E-state index is 0.00938. The van der Waals surface area contributed by atoms with Gasteiger partial charge in [0, 0.05) is 19.2 Å². The van der Waals surface area contributed by atoms with Gasteiger partial charge in [-0.1, -0.05) is 6.07 Å². The summed E-state index contributed by atoms with van der Waals surface area (Å²) < 4.78 is 95.8. The summed E-state index contributed by atoms with van der Waals surface area (Å²) in [5.41, 5.74) is 2.37. The maximum atomic E-state index is 14.1. The highest BCUT2D eigenvalue weighted by Gasteiger charge is 2.41. The molecule has 1 aromatic heterocycles. The number of likely N-dealkylation sites (N-methyl/N-ethyl adjacent to an activating group) is 1. The van der Waals surface area contributed by atoms with Crippen LogP contribution in [0, 0.1) is 12.7 Å². The molecule has 1 amide bonds. The monoisotopic (exact) mass is 638 g/mol. The van der Waals surface area contributed by atoms with Gasteiger partial charge in [-0.15, -0.1) is 0 Å². The number of benzene rings is 2. The van der Waals surface area contributed by atoms with Crippen molar-refractivity contribution >= 4 is 23.2 Å². The molecular weight excluding hydrogens is 605 g/mol. The Hall–Kier alpha value is -4.00. The van der Waals surface area contributed by atoms with Crippen LogP contribution in [0.1, 0.15) is 55.9 Å². The highest BCUT2D eigenvalue weighted by atomic mass is 19.4. The average molecular weight is 639 g/mol. The van der Waals surface area contributed by atoms with Crippen LogP contribution >= 0.6 is 0 Å². The Balaban J connectivity index is 1.84. The standard InChI is InChI=1S/C32H33F7N4O2/c1-17-11-22(33)8-9-23(17)24-15-27(43-10-6-7-25(43)28(40)18(2)44)41-16-26(24)42(5)29(45)30(3,4)19-12-20(31(34,35)36)14-21(13-19)32(37,38)39/h8-9,11-16,25,28H,6-7,10,40H2,1-5H3/t25-,28+/m0/s1. The first-order valence-corrected chi connectivity index (χ1v) is 14.1. The molecule has 0 radical (unpaired) electrons. The molecule has 1 aliphatic rings. The quantitative estimate of drug-likeness (QED) is 0.281. The summed E-state index contributed by atoms with van der Waals surface area (Å²) in [6, 6.07) is 5.65. The van der Waals surface area contributed by atoms with Crippen molar-refractivity contribution in [3.05, 3.63) is 76.7 Å². The Morgan fingerprint density at radius 1 is 0.956 bits per heavy atom. The van der Waals surface area contributed by atoms with Gasteiger partial charge in [0.1, 0.15) is 17.4 Å². The van der Waals surface area contributed by atoms with Crippen molar-refractivity contribution in [2.75, 3.05) is 23.4 Å². The number of pyridine rings is 1. The SMILES string of the molecule is CC(=O)[C@@H](N)[C@@H]1CCCN1c1cc(-c2ccc(F)cc2C)c(N(C)C(=O)C(C)(C)c2cc(C(F)(F)F)cc(C(F)(F)F)c2)cn1. The van der Waals surface area contributed by atoms with Crippen LogP contribution in [-0.2, 0) is 27.4 Å². The molecule has 0 spiro atoms. The van der Waals surface area contributed by atoms with Crippen molar-refractivity contribution < 1.29 is 40.3 Å². The number of carbonyl (C=O) groups excluding carboxylic acids is 2. The number of aromatic nitrogens is 1. The van der Waals surface area contributed by atoms with Gasteiger partial charge in [0.2, 0.25) is 5.91 Å². The molecule has 242 valence electrons. The van der Waals surface area contributed by atoms with E-state index in [9.17, 15) is 40.3 Å². The number of nitrogens with two attached hydrogens (primary N) is 1. The highest BCUT2D eigenvalue weighted by molar-refractivity contribution is 6.03. The second-order valence-corrected chi connectivity index (χ2v) is 11.8. The van der Waals surface area contributed by atoms with Crippen LogP contribution in [0.4, 0.5) is 42.2 Å². The predicted octanol–water partition coefficient (Wildman–Crippen LogP) is 7.06. The summed E-state index contributed by atoms with van der Waals surface area (Å²) in [4.78, 5) is 33.6. The predicted molar refractivity (Wildman–Crippen MR) is 156 cm³/mol. The number of Topliss-reactive ketones (excluding diaryl/α,β-unsaturated/α-hetero) is 1. The number of alkyl halides is 6. The van der Waals surface area contributed by atoms with Crippen molar-refractivity contribution in [2.45, 2.75) is 70.4 Å². The van der Waals surface area contributed by atoms with E-state index in [0.717, 1.165) is 11.3 Å². The van der Waals surface area contributed by atoms with Crippen LogP contribution in [0.2, 0.25) is 0 Å². The maximum absolute atomic E-state index is 14.1. The Kier molecular flexibility index (Phi) is 9.09. The topological polar surface area (TPSA) is 79.5 Å². The van der Waals surface area contributed by atoms with Crippen molar-refractivity contribution in [1.29, 1.82) is 0 Å². The van der Waals surface area contributed by atoms with Gasteiger partial charge in [-0.3, -0.25) is 9.59 Å². The van der Waals surface area contributed by atoms with E-state index in [1.165, 1.54) is 52.2 Å². The third kappa shape index (κ3) is 6.82. The van der Waals surface area contributed by atoms with E-state index < -0.39 is 52.2 Å². The summed E-state index contributed by atoms with van der Waals surface area (Å²) in [7, 11) is 1.34. The van der Waals surface area contributed by atoms with Gasteiger partial charge in [-0.25, -0.2) is 9.37 Å². The number of ketones is 1. The van der Waals surface area contributed by atoms with Crippen LogP contribution < -0.4 is 15.5 Å². The second-order valence-electron chi connectivity index (χ2n) is 11.8. The van der Waals surface area contributed by atoms with Crippen LogP contribution in [-0.4, -0.2) is 42.4 Å². The third-order valence-corrected chi connectivity index (χ3v) is 8.33. The molecule has 6 nitrogen and oxygen atoms in total. The molecule has 1 aliphatic heterocycles. The van der Waals surface area contributed by atoms with Crippen LogP contribution in [0.3, 0.4) is 0 Å². The lowest BCUT2D eigenvalue weighted by Gasteiger charge is -2.33. The Bertz CT molecular complexity index is 1590. The molecule has 3 aromatic rings. The van der Waals surface area contributed by atoms with Crippen molar-refractivity contribution in [3.8, 4) is 11.1 Å². The fraction of sp³-hybridized carbons (Fsp3) is 0.406. The Morgan fingerprint density at radius 3 is 2.07 bits per heavy atom. The zero-order valence-electron chi connectivity index (χ0n) is 25.3. The molecule has 2 heterocycles. The van der Waals surface area contributed by atoms with Gasteiger partial charge < -0.3 is 15.5 Å². The summed E-state index contributed by atoms with van der Waals surface area (Å²) in [5, 5.41) is 0. The molecule has 1 saturated heterocycles.